The predicted molar refractivity (Wildman–Crippen MR) is 108 cm³/mol. The molecular weight excluding hydrogens is 372 g/mol. The molecule has 152 valence electrons. The number of para-hydroxylation sites is 2. The molecule has 0 radical (unpaired) electrons. The van der Waals surface area contributed by atoms with Crippen LogP contribution in [0.4, 0.5) is 0 Å². The number of hydrogen-bond donors (Lipinski definition) is 1. The van der Waals surface area contributed by atoms with E-state index in [9.17, 15) is 14.4 Å². The Morgan fingerprint density at radius 1 is 1.31 bits per heavy atom. The summed E-state index contributed by atoms with van der Waals surface area (Å²) in [6, 6.07) is 9.06. The average molecular weight is 396 g/mol. The monoisotopic (exact) mass is 396 g/mol. The number of aryl methyl sites for hydroxylation is 2. The number of ketones is 1. The molecule has 0 amide bonds. The summed E-state index contributed by atoms with van der Waals surface area (Å²) >= 11 is 0. The Balaban J connectivity index is 2.10. The van der Waals surface area contributed by atoms with Crippen LogP contribution < -0.4 is 11.3 Å². The zero-order chi connectivity index (χ0) is 21.4. The van der Waals surface area contributed by atoms with Crippen molar-refractivity contribution in [3.63, 3.8) is 0 Å². The van der Waals surface area contributed by atoms with E-state index in [1.54, 1.807) is 10.6 Å². The molecule has 0 saturated carbocycles. The number of esters is 1. The van der Waals surface area contributed by atoms with Gasteiger partial charge in [0.25, 0.3) is 5.56 Å². The van der Waals surface area contributed by atoms with Gasteiger partial charge >= 0.3 is 5.97 Å². The maximum Gasteiger partial charge on any atom is 0.306 e. The smallest absolute Gasteiger partial charge is 0.306 e. The first-order valence-corrected chi connectivity index (χ1v) is 9.42. The van der Waals surface area contributed by atoms with Crippen LogP contribution in [0, 0.1) is 11.3 Å². The number of allylic oxidation sites excluding steroid dienone is 1. The number of nitriles is 1. The van der Waals surface area contributed by atoms with Crippen LogP contribution in [0.15, 0.2) is 40.3 Å². The molecule has 1 aromatic heterocycles. The molecule has 8 heteroatoms. The van der Waals surface area contributed by atoms with E-state index in [-0.39, 0.29) is 35.4 Å². The van der Waals surface area contributed by atoms with E-state index >= 15 is 0 Å². The molecule has 0 bridgehead atoms. The van der Waals surface area contributed by atoms with Crippen molar-refractivity contribution in [3.05, 3.63) is 51.6 Å². The van der Waals surface area contributed by atoms with E-state index in [0.717, 1.165) is 18.4 Å². The fourth-order valence-electron chi connectivity index (χ4n) is 2.83. The van der Waals surface area contributed by atoms with Crippen LogP contribution in [0.3, 0.4) is 0 Å². The lowest BCUT2D eigenvalue weighted by atomic mass is 10.1. The molecule has 2 aromatic rings. The highest BCUT2D eigenvalue weighted by Gasteiger charge is 2.16. The molecule has 0 aliphatic rings. The first kappa shape index (κ1) is 21.8. The number of benzene rings is 1. The largest absolute Gasteiger partial charge is 0.457 e. The Labute approximate surface area is 168 Å². The zero-order valence-corrected chi connectivity index (χ0v) is 16.6. The van der Waals surface area contributed by atoms with Gasteiger partial charge in [-0.1, -0.05) is 25.5 Å². The molecule has 1 aromatic carbocycles. The van der Waals surface area contributed by atoms with Crippen LogP contribution in [-0.2, 0) is 27.3 Å². The third kappa shape index (κ3) is 5.51. The summed E-state index contributed by atoms with van der Waals surface area (Å²) in [6.07, 6.45) is 1.79. The minimum atomic E-state index is -0.661. The third-order valence-electron chi connectivity index (χ3n) is 4.37. The summed E-state index contributed by atoms with van der Waals surface area (Å²) in [7, 11) is 0. The molecule has 1 heterocycles. The molecule has 29 heavy (non-hydrogen) atoms. The van der Waals surface area contributed by atoms with Crippen LogP contribution in [0.5, 0.6) is 0 Å². The van der Waals surface area contributed by atoms with Gasteiger partial charge in [0.2, 0.25) is 5.78 Å². The van der Waals surface area contributed by atoms with Crippen molar-refractivity contribution in [2.45, 2.75) is 46.1 Å². The van der Waals surface area contributed by atoms with E-state index in [1.807, 2.05) is 31.2 Å². The minimum absolute atomic E-state index is 0.0709. The SMILES string of the molecule is CCCCn1c(=O)c(CCC(=O)OCC(=O)/C(C#N)=C(\C)N)nc2ccccc21. The predicted octanol–water partition coefficient (Wildman–Crippen LogP) is 2.00. The lowest BCUT2D eigenvalue weighted by molar-refractivity contribution is -0.147. The van der Waals surface area contributed by atoms with Crippen molar-refractivity contribution in [1.29, 1.82) is 5.26 Å². The number of rotatable bonds is 9. The maximum absolute atomic E-state index is 12.8. The number of unbranched alkanes of at least 4 members (excludes halogenated alkanes) is 1. The van der Waals surface area contributed by atoms with E-state index in [1.165, 1.54) is 6.92 Å². The second kappa shape index (κ2) is 10.2. The molecule has 0 aliphatic carbocycles. The Morgan fingerprint density at radius 3 is 2.69 bits per heavy atom. The van der Waals surface area contributed by atoms with E-state index in [2.05, 4.69) is 4.98 Å². The summed E-state index contributed by atoms with van der Waals surface area (Å²) in [4.78, 5) is 41.0. The van der Waals surface area contributed by atoms with Gasteiger partial charge in [0.15, 0.2) is 6.61 Å². The van der Waals surface area contributed by atoms with Crippen LogP contribution in [0.2, 0.25) is 0 Å². The molecule has 8 nitrogen and oxygen atoms in total. The zero-order valence-electron chi connectivity index (χ0n) is 16.6. The number of nitrogens with two attached hydrogens (primary N) is 1. The molecular formula is C21H24N4O4. The topological polar surface area (TPSA) is 128 Å². The van der Waals surface area contributed by atoms with Crippen LogP contribution in [-0.4, -0.2) is 27.9 Å². The molecule has 2 N–H and O–H groups in total. The molecule has 0 spiro atoms. The number of ether oxygens (including phenoxy) is 1. The van der Waals surface area contributed by atoms with Crippen molar-refractivity contribution >= 4 is 22.8 Å². The lowest BCUT2D eigenvalue weighted by Gasteiger charge is -2.12. The summed E-state index contributed by atoms with van der Waals surface area (Å²) in [5, 5.41) is 8.89. The first-order chi connectivity index (χ1) is 13.9. The highest BCUT2D eigenvalue weighted by Crippen LogP contribution is 2.12. The highest BCUT2D eigenvalue weighted by molar-refractivity contribution is 6.01. The lowest BCUT2D eigenvalue weighted by Crippen LogP contribution is -2.27. The van der Waals surface area contributed by atoms with E-state index < -0.39 is 18.4 Å². The van der Waals surface area contributed by atoms with Crippen LogP contribution in [0.1, 0.15) is 38.8 Å². The van der Waals surface area contributed by atoms with Gasteiger partial charge in [-0.25, -0.2) is 4.98 Å². The first-order valence-electron chi connectivity index (χ1n) is 9.42. The Kier molecular flexibility index (Phi) is 7.66. The number of fused-ring (bicyclic) bond motifs is 1. The van der Waals surface area contributed by atoms with Gasteiger partial charge in [0, 0.05) is 18.7 Å². The fraction of sp³-hybridized carbons (Fsp3) is 0.381. The Morgan fingerprint density at radius 2 is 2.03 bits per heavy atom. The molecule has 2 rings (SSSR count). The summed E-state index contributed by atoms with van der Waals surface area (Å²) in [6.45, 7) is 3.48. The highest BCUT2D eigenvalue weighted by atomic mass is 16.5. The maximum atomic E-state index is 12.8. The van der Waals surface area contributed by atoms with E-state index in [4.69, 9.17) is 15.7 Å². The summed E-state index contributed by atoms with van der Waals surface area (Å²) < 4.78 is 6.60. The third-order valence-corrected chi connectivity index (χ3v) is 4.37. The molecule has 0 fully saturated rings. The van der Waals surface area contributed by atoms with Crippen LogP contribution >= 0.6 is 0 Å². The van der Waals surface area contributed by atoms with Crippen molar-refractivity contribution in [1.82, 2.24) is 9.55 Å². The second-order valence-electron chi connectivity index (χ2n) is 6.61. The normalized spacial score (nSPS) is 11.6. The number of carbonyl (C=O) groups is 2. The van der Waals surface area contributed by atoms with Gasteiger partial charge < -0.3 is 15.0 Å². The average Bonchev–Trinajstić information content (AvgIpc) is 2.70. The summed E-state index contributed by atoms with van der Waals surface area (Å²) in [5.41, 5.74) is 6.79. The van der Waals surface area contributed by atoms with Crippen molar-refractivity contribution < 1.29 is 14.3 Å². The number of hydrogen-bond acceptors (Lipinski definition) is 7. The summed E-state index contributed by atoms with van der Waals surface area (Å²) in [5.74, 6) is -1.31. The number of carbonyl (C=O) groups excluding carboxylic acids is 2. The second-order valence-corrected chi connectivity index (χ2v) is 6.61. The Bertz CT molecular complexity index is 1040. The van der Waals surface area contributed by atoms with Gasteiger partial charge in [-0.15, -0.1) is 0 Å². The van der Waals surface area contributed by atoms with Gasteiger partial charge in [-0.2, -0.15) is 5.26 Å². The van der Waals surface area contributed by atoms with Crippen molar-refractivity contribution in [3.8, 4) is 6.07 Å². The van der Waals surface area contributed by atoms with Gasteiger partial charge in [-0.3, -0.25) is 14.4 Å². The van der Waals surface area contributed by atoms with Gasteiger partial charge in [0.1, 0.15) is 17.3 Å². The number of Topliss-reactive ketones (excluding diaryl/α,β-unsaturated/α-hetero) is 1. The van der Waals surface area contributed by atoms with E-state index in [0.29, 0.717) is 12.1 Å². The fourth-order valence-corrected chi connectivity index (χ4v) is 2.83. The quantitative estimate of drug-likeness (QED) is 0.390. The van der Waals surface area contributed by atoms with Crippen molar-refractivity contribution in [2.75, 3.05) is 6.61 Å². The van der Waals surface area contributed by atoms with Gasteiger partial charge in [0.05, 0.1) is 17.5 Å². The molecule has 0 unspecified atom stereocenters. The van der Waals surface area contributed by atoms with Crippen LogP contribution in [0.25, 0.3) is 11.0 Å². The molecule has 0 saturated heterocycles. The number of nitrogens with zero attached hydrogens (tertiary/aromatic N) is 3. The van der Waals surface area contributed by atoms with Crippen molar-refractivity contribution in [2.24, 2.45) is 5.73 Å². The minimum Gasteiger partial charge on any atom is -0.457 e. The Hall–Kier alpha value is -3.47. The standard InChI is InChI=1S/C21H24N4O4/c1-3-4-11-25-18-8-6-5-7-16(18)24-17(21(25)28)9-10-20(27)29-13-19(26)15(12-22)14(2)23/h5-8H,3-4,9-11,13,23H2,1-2H3/b15-14+. The van der Waals surface area contributed by atoms with Gasteiger partial charge in [-0.05, 0) is 25.5 Å². The number of aromatic nitrogens is 2. The molecule has 0 atom stereocenters. The molecule has 0 aliphatic heterocycles.